The molecule has 45 heavy (non-hydrogen) atoms. The third-order valence-corrected chi connectivity index (χ3v) is 11.4. The number of aryl methyl sites for hydroxylation is 1. The zero-order chi connectivity index (χ0) is 32.1. The van der Waals surface area contributed by atoms with Crippen molar-refractivity contribution in [1.29, 1.82) is 0 Å². The summed E-state index contributed by atoms with van der Waals surface area (Å²) in [6.07, 6.45) is 9.48. The maximum atomic E-state index is 14.6. The van der Waals surface area contributed by atoms with Gasteiger partial charge in [-0.05, 0) is 72.4 Å². The van der Waals surface area contributed by atoms with Crippen molar-refractivity contribution in [1.82, 2.24) is 9.80 Å². The van der Waals surface area contributed by atoms with Gasteiger partial charge in [0.15, 0.2) is 0 Å². The molecule has 0 N–H and O–H groups in total. The first-order valence-electron chi connectivity index (χ1n) is 16.7. The molecule has 0 saturated heterocycles. The molecular formula is C38H46N2O3S2. The van der Waals surface area contributed by atoms with E-state index in [0.717, 1.165) is 94.8 Å². The summed E-state index contributed by atoms with van der Waals surface area (Å²) in [5.41, 5.74) is 5.45. The van der Waals surface area contributed by atoms with E-state index in [4.69, 9.17) is 0 Å². The fraction of sp³-hybridized carbons (Fsp3) is 0.447. The van der Waals surface area contributed by atoms with Crippen molar-refractivity contribution in [3.63, 3.8) is 0 Å². The average Bonchev–Trinajstić information content (AvgIpc) is 3.85. The lowest BCUT2D eigenvalue weighted by molar-refractivity contribution is -0.124. The molecule has 2 amide bonds. The van der Waals surface area contributed by atoms with Crippen molar-refractivity contribution >= 4 is 52.2 Å². The Bertz CT molecular complexity index is 1600. The first kappa shape index (κ1) is 33.1. The van der Waals surface area contributed by atoms with Crippen LogP contribution in [0.4, 0.5) is 0 Å². The van der Waals surface area contributed by atoms with E-state index in [1.165, 1.54) is 0 Å². The lowest BCUT2D eigenvalue weighted by Gasteiger charge is -2.29. The summed E-state index contributed by atoms with van der Waals surface area (Å²) in [4.78, 5) is 47.5. The van der Waals surface area contributed by atoms with Gasteiger partial charge in [-0.1, -0.05) is 84.4 Å². The standard InChI is InChI=1S/C38H46N2O3S2/c1-6-10-13-26(8-3)22-39-35(31-15-12-20-44-31)33-34(38(39)43)36(40(37(33)42)23-27(9-4)14-11-7-2)32-19-18-30(45-32)29-17-16-28(24-41)21-25(29)5/h12,15-21,24,26-27H,6-11,13-14,22-23H2,1-5H3. The Hall–Kier alpha value is -3.29. The highest BCUT2D eigenvalue weighted by Crippen LogP contribution is 2.50. The van der Waals surface area contributed by atoms with Crippen LogP contribution >= 0.6 is 22.7 Å². The van der Waals surface area contributed by atoms with E-state index < -0.39 is 0 Å². The quantitative estimate of drug-likeness (QED) is 0.146. The number of aldehydes is 1. The van der Waals surface area contributed by atoms with Crippen LogP contribution in [0.2, 0.25) is 0 Å². The van der Waals surface area contributed by atoms with Crippen LogP contribution in [-0.2, 0) is 9.59 Å². The molecule has 238 valence electrons. The molecule has 5 rings (SSSR count). The second kappa shape index (κ2) is 14.9. The predicted octanol–water partition coefficient (Wildman–Crippen LogP) is 9.84. The molecular weight excluding hydrogens is 597 g/mol. The topological polar surface area (TPSA) is 57.7 Å². The minimum atomic E-state index is -0.0442. The van der Waals surface area contributed by atoms with Gasteiger partial charge < -0.3 is 9.80 Å². The lowest BCUT2D eigenvalue weighted by Crippen LogP contribution is -2.34. The Morgan fingerprint density at radius 1 is 0.756 bits per heavy atom. The van der Waals surface area contributed by atoms with Crippen LogP contribution in [0.25, 0.3) is 21.8 Å². The van der Waals surface area contributed by atoms with Gasteiger partial charge in [0, 0.05) is 23.5 Å². The van der Waals surface area contributed by atoms with Gasteiger partial charge in [-0.15, -0.1) is 22.7 Å². The van der Waals surface area contributed by atoms with E-state index in [0.29, 0.717) is 41.6 Å². The molecule has 0 aliphatic carbocycles. The van der Waals surface area contributed by atoms with E-state index in [1.807, 2.05) is 52.4 Å². The van der Waals surface area contributed by atoms with E-state index in [9.17, 15) is 14.4 Å². The molecule has 2 aliphatic heterocycles. The Labute approximate surface area is 276 Å². The average molecular weight is 643 g/mol. The van der Waals surface area contributed by atoms with Crippen molar-refractivity contribution in [2.75, 3.05) is 13.1 Å². The van der Waals surface area contributed by atoms with Gasteiger partial charge in [0.1, 0.15) is 6.29 Å². The maximum Gasteiger partial charge on any atom is 0.261 e. The second-order valence-electron chi connectivity index (χ2n) is 12.4. The van der Waals surface area contributed by atoms with Crippen LogP contribution in [0.1, 0.15) is 105 Å². The van der Waals surface area contributed by atoms with Crippen LogP contribution in [0.3, 0.4) is 0 Å². The molecule has 7 heteroatoms. The minimum absolute atomic E-state index is 0.0442. The third kappa shape index (κ3) is 6.66. The van der Waals surface area contributed by atoms with Gasteiger partial charge in [-0.25, -0.2) is 0 Å². The highest BCUT2D eigenvalue weighted by molar-refractivity contribution is 7.16. The van der Waals surface area contributed by atoms with Crippen molar-refractivity contribution in [2.45, 2.75) is 86.0 Å². The SMILES string of the molecule is CCCCC(CC)CN1C(=O)C2=C(c3ccc(-c4ccc(C=O)cc4C)s3)N(CC(CC)CCCC)C(=O)C2=C1c1cccs1. The van der Waals surface area contributed by atoms with Crippen LogP contribution in [0, 0.1) is 18.8 Å². The summed E-state index contributed by atoms with van der Waals surface area (Å²) in [7, 11) is 0. The molecule has 0 bridgehead atoms. The van der Waals surface area contributed by atoms with Crippen molar-refractivity contribution in [2.24, 2.45) is 11.8 Å². The largest absolute Gasteiger partial charge is 0.306 e. The molecule has 0 radical (unpaired) electrons. The number of carbonyl (C=O) groups is 3. The zero-order valence-electron chi connectivity index (χ0n) is 27.4. The monoisotopic (exact) mass is 642 g/mol. The van der Waals surface area contributed by atoms with E-state index in [2.05, 4.69) is 39.8 Å². The molecule has 0 fully saturated rings. The Balaban J connectivity index is 1.65. The molecule has 3 aromatic rings. The van der Waals surface area contributed by atoms with Crippen molar-refractivity contribution in [3.05, 3.63) is 79.9 Å². The van der Waals surface area contributed by atoms with Gasteiger partial charge in [-0.3, -0.25) is 14.4 Å². The first-order chi connectivity index (χ1) is 21.9. The molecule has 2 atom stereocenters. The normalized spacial score (nSPS) is 16.3. The fourth-order valence-electron chi connectivity index (χ4n) is 6.67. The fourth-order valence-corrected chi connectivity index (χ4v) is 8.61. The van der Waals surface area contributed by atoms with Gasteiger partial charge in [0.05, 0.1) is 32.3 Å². The van der Waals surface area contributed by atoms with Crippen LogP contribution in [-0.4, -0.2) is 41.0 Å². The van der Waals surface area contributed by atoms with E-state index in [1.54, 1.807) is 22.7 Å². The Kier molecular flexibility index (Phi) is 10.9. The van der Waals surface area contributed by atoms with Gasteiger partial charge >= 0.3 is 0 Å². The number of carbonyl (C=O) groups excluding carboxylic acids is 3. The molecule has 2 unspecified atom stereocenters. The summed E-state index contributed by atoms with van der Waals surface area (Å²) in [6.45, 7) is 12.1. The zero-order valence-corrected chi connectivity index (χ0v) is 29.0. The van der Waals surface area contributed by atoms with Crippen LogP contribution in [0.15, 0.2) is 59.0 Å². The summed E-state index contributed by atoms with van der Waals surface area (Å²) >= 11 is 3.21. The summed E-state index contributed by atoms with van der Waals surface area (Å²) in [6, 6.07) is 14.0. The number of nitrogens with zero attached hydrogens (tertiary/aromatic N) is 2. The molecule has 5 nitrogen and oxygen atoms in total. The smallest absolute Gasteiger partial charge is 0.261 e. The van der Waals surface area contributed by atoms with E-state index >= 15 is 0 Å². The number of rotatable bonds is 16. The molecule has 2 aromatic heterocycles. The van der Waals surface area contributed by atoms with Crippen molar-refractivity contribution in [3.8, 4) is 10.4 Å². The number of benzene rings is 1. The van der Waals surface area contributed by atoms with Gasteiger partial charge in [0.25, 0.3) is 11.8 Å². The summed E-state index contributed by atoms with van der Waals surface area (Å²) < 4.78 is 0. The molecule has 0 saturated carbocycles. The van der Waals surface area contributed by atoms with Crippen molar-refractivity contribution < 1.29 is 14.4 Å². The number of unbranched alkanes of at least 4 members (excludes halogenated alkanes) is 2. The molecule has 0 spiro atoms. The Morgan fingerprint density at radius 2 is 1.33 bits per heavy atom. The summed E-state index contributed by atoms with van der Waals surface area (Å²) in [5.74, 6) is 0.647. The number of thiophene rings is 2. The van der Waals surface area contributed by atoms with Gasteiger partial charge in [0.2, 0.25) is 0 Å². The number of fused-ring (bicyclic) bond motifs is 1. The third-order valence-electron chi connectivity index (χ3n) is 9.40. The van der Waals surface area contributed by atoms with Crippen LogP contribution < -0.4 is 0 Å². The molecule has 1 aromatic carbocycles. The molecule has 2 aliphatic rings. The highest BCUT2D eigenvalue weighted by Gasteiger charge is 2.49. The number of amides is 2. The minimum Gasteiger partial charge on any atom is -0.306 e. The predicted molar refractivity (Wildman–Crippen MR) is 188 cm³/mol. The first-order valence-corrected chi connectivity index (χ1v) is 18.4. The number of hydrogen-bond donors (Lipinski definition) is 0. The summed E-state index contributed by atoms with van der Waals surface area (Å²) in [5, 5.41) is 2.03. The number of hydrogen-bond acceptors (Lipinski definition) is 5. The highest BCUT2D eigenvalue weighted by atomic mass is 32.1. The van der Waals surface area contributed by atoms with Crippen LogP contribution in [0.5, 0.6) is 0 Å². The molecule has 4 heterocycles. The second-order valence-corrected chi connectivity index (χ2v) is 14.5. The lowest BCUT2D eigenvalue weighted by atomic mass is 9.98. The van der Waals surface area contributed by atoms with E-state index in [-0.39, 0.29) is 11.8 Å². The van der Waals surface area contributed by atoms with Gasteiger partial charge in [-0.2, -0.15) is 0 Å². The Morgan fingerprint density at radius 3 is 1.82 bits per heavy atom. The maximum absolute atomic E-state index is 14.6.